The van der Waals surface area contributed by atoms with E-state index in [2.05, 4.69) is 20.4 Å². The number of aromatic nitrogens is 4. The van der Waals surface area contributed by atoms with Gasteiger partial charge >= 0.3 is 0 Å². The summed E-state index contributed by atoms with van der Waals surface area (Å²) < 4.78 is 21.7. The molecule has 9 heteroatoms. The molecule has 8 nitrogen and oxygen atoms in total. The van der Waals surface area contributed by atoms with E-state index in [4.69, 9.17) is 18.3 Å². The van der Waals surface area contributed by atoms with E-state index < -0.39 is 0 Å². The summed E-state index contributed by atoms with van der Waals surface area (Å²) in [5.41, 5.74) is 1.64. The summed E-state index contributed by atoms with van der Waals surface area (Å²) in [6.45, 7) is 0. The maximum absolute atomic E-state index is 5.69. The van der Waals surface area contributed by atoms with E-state index in [0.29, 0.717) is 28.6 Å². The number of ether oxygens (including phenoxy) is 2. The Hall–Kier alpha value is -3.33. The lowest BCUT2D eigenvalue weighted by molar-refractivity contribution is 0.414. The average molecular weight is 396 g/mol. The fourth-order valence-corrected chi connectivity index (χ4v) is 3.00. The van der Waals surface area contributed by atoms with E-state index >= 15 is 0 Å². The molecule has 0 atom stereocenters. The summed E-state index contributed by atoms with van der Waals surface area (Å²) in [6.07, 6.45) is 0. The number of benzene rings is 2. The summed E-state index contributed by atoms with van der Waals surface area (Å²) in [5.74, 6) is 3.32. The van der Waals surface area contributed by atoms with Crippen molar-refractivity contribution in [3.05, 3.63) is 54.4 Å². The highest BCUT2D eigenvalue weighted by molar-refractivity contribution is 7.98. The molecule has 4 rings (SSSR count). The fraction of sp³-hybridized carbons (Fsp3) is 0.158. The smallest absolute Gasteiger partial charge is 0.277 e. The van der Waals surface area contributed by atoms with Crippen molar-refractivity contribution >= 4 is 11.8 Å². The number of hydrogen-bond acceptors (Lipinski definition) is 9. The maximum Gasteiger partial charge on any atom is 0.277 e. The predicted molar refractivity (Wildman–Crippen MR) is 102 cm³/mol. The number of nitrogens with zero attached hydrogens (tertiary/aromatic N) is 4. The van der Waals surface area contributed by atoms with Gasteiger partial charge in [-0.2, -0.15) is 0 Å². The van der Waals surface area contributed by atoms with Crippen LogP contribution in [0.5, 0.6) is 11.5 Å². The Morgan fingerprint density at radius 3 is 1.82 bits per heavy atom. The number of rotatable bonds is 7. The molecule has 4 aromatic rings. The zero-order valence-electron chi connectivity index (χ0n) is 15.2. The first-order valence-electron chi connectivity index (χ1n) is 8.32. The fourth-order valence-electron chi connectivity index (χ4n) is 2.40. The van der Waals surface area contributed by atoms with Gasteiger partial charge in [-0.25, -0.2) is 0 Å². The minimum Gasteiger partial charge on any atom is -0.497 e. The Bertz CT molecular complexity index is 959. The van der Waals surface area contributed by atoms with E-state index in [1.54, 1.807) is 14.2 Å². The van der Waals surface area contributed by atoms with Crippen LogP contribution in [0.3, 0.4) is 0 Å². The molecular formula is C19H16N4O4S. The molecule has 2 aromatic carbocycles. The molecule has 0 fully saturated rings. The van der Waals surface area contributed by atoms with Crippen LogP contribution in [0.25, 0.3) is 22.9 Å². The molecule has 0 aliphatic carbocycles. The zero-order valence-corrected chi connectivity index (χ0v) is 16.0. The van der Waals surface area contributed by atoms with Gasteiger partial charge in [0.05, 0.1) is 20.0 Å². The molecule has 28 heavy (non-hydrogen) atoms. The summed E-state index contributed by atoms with van der Waals surface area (Å²) in [5, 5.41) is 16.7. The van der Waals surface area contributed by atoms with Crippen LogP contribution >= 0.6 is 11.8 Å². The summed E-state index contributed by atoms with van der Waals surface area (Å²) >= 11 is 1.33. The highest BCUT2D eigenvalue weighted by Gasteiger charge is 2.13. The standard InChI is InChI=1S/C19H16N4O4S/c1-24-14-7-3-12(4-8-14)17-21-20-16(26-17)11-28-19-23-22-18(27-19)13-5-9-15(25-2)10-6-13/h3-10H,11H2,1-2H3. The molecule has 0 amide bonds. The summed E-state index contributed by atoms with van der Waals surface area (Å²) in [7, 11) is 3.24. The Kier molecular flexibility index (Phi) is 5.24. The van der Waals surface area contributed by atoms with E-state index in [1.807, 2.05) is 48.5 Å². The van der Waals surface area contributed by atoms with Gasteiger partial charge < -0.3 is 18.3 Å². The summed E-state index contributed by atoms with van der Waals surface area (Å²) in [6, 6.07) is 14.8. The molecule has 142 valence electrons. The second-order valence-electron chi connectivity index (χ2n) is 5.62. The molecule has 0 unspecified atom stereocenters. The Morgan fingerprint density at radius 1 is 0.714 bits per heavy atom. The normalized spacial score (nSPS) is 10.8. The van der Waals surface area contributed by atoms with Crippen molar-refractivity contribution < 1.29 is 18.3 Å². The number of hydrogen-bond donors (Lipinski definition) is 0. The molecule has 0 saturated heterocycles. The van der Waals surface area contributed by atoms with Crippen molar-refractivity contribution in [2.75, 3.05) is 14.2 Å². The molecule has 0 radical (unpaired) electrons. The monoisotopic (exact) mass is 396 g/mol. The van der Waals surface area contributed by atoms with E-state index in [1.165, 1.54) is 11.8 Å². The van der Waals surface area contributed by atoms with Gasteiger partial charge in [0.15, 0.2) is 0 Å². The predicted octanol–water partition coefficient (Wildman–Crippen LogP) is 4.10. The second-order valence-corrected chi connectivity index (χ2v) is 6.55. The van der Waals surface area contributed by atoms with Gasteiger partial charge in [-0.05, 0) is 48.5 Å². The van der Waals surface area contributed by atoms with Crippen LogP contribution in [0, 0.1) is 0 Å². The first-order chi connectivity index (χ1) is 13.7. The van der Waals surface area contributed by atoms with Crippen molar-refractivity contribution in [3.63, 3.8) is 0 Å². The van der Waals surface area contributed by atoms with Gasteiger partial charge in [0.2, 0.25) is 17.7 Å². The SMILES string of the molecule is COc1ccc(-c2nnc(CSc3nnc(-c4ccc(OC)cc4)o3)o2)cc1. The van der Waals surface area contributed by atoms with Crippen LogP contribution in [-0.2, 0) is 5.75 Å². The third kappa shape index (κ3) is 3.99. The molecule has 0 aliphatic heterocycles. The lowest BCUT2D eigenvalue weighted by atomic mass is 10.2. The molecule has 0 saturated carbocycles. The van der Waals surface area contributed by atoms with E-state index in [9.17, 15) is 0 Å². The number of methoxy groups -OCH3 is 2. The van der Waals surface area contributed by atoms with Crippen molar-refractivity contribution in [3.8, 4) is 34.4 Å². The third-order valence-corrected chi connectivity index (χ3v) is 4.67. The molecule has 0 N–H and O–H groups in total. The van der Waals surface area contributed by atoms with Gasteiger partial charge in [0, 0.05) is 11.1 Å². The molecule has 0 bridgehead atoms. The second kappa shape index (κ2) is 8.13. The van der Waals surface area contributed by atoms with Crippen LogP contribution in [-0.4, -0.2) is 34.6 Å². The summed E-state index contributed by atoms with van der Waals surface area (Å²) in [4.78, 5) is 0. The molecular weight excluding hydrogens is 380 g/mol. The zero-order chi connectivity index (χ0) is 19.3. The first-order valence-corrected chi connectivity index (χ1v) is 9.31. The van der Waals surface area contributed by atoms with Crippen molar-refractivity contribution in [1.29, 1.82) is 0 Å². The molecule has 0 spiro atoms. The van der Waals surface area contributed by atoms with Crippen LogP contribution < -0.4 is 9.47 Å². The largest absolute Gasteiger partial charge is 0.497 e. The van der Waals surface area contributed by atoms with E-state index in [0.717, 1.165) is 22.6 Å². The van der Waals surface area contributed by atoms with Gasteiger partial charge in [0.25, 0.3) is 5.22 Å². The van der Waals surface area contributed by atoms with Crippen molar-refractivity contribution in [2.24, 2.45) is 0 Å². The molecule has 2 heterocycles. The quantitative estimate of drug-likeness (QED) is 0.428. The van der Waals surface area contributed by atoms with Crippen LogP contribution in [0.2, 0.25) is 0 Å². The van der Waals surface area contributed by atoms with Crippen molar-refractivity contribution in [1.82, 2.24) is 20.4 Å². The van der Waals surface area contributed by atoms with Crippen LogP contribution in [0.15, 0.2) is 62.6 Å². The lowest BCUT2D eigenvalue weighted by Gasteiger charge is -1.99. The third-order valence-electron chi connectivity index (χ3n) is 3.87. The Balaban J connectivity index is 1.39. The molecule has 0 aliphatic rings. The number of thioether (sulfide) groups is 1. The van der Waals surface area contributed by atoms with Gasteiger partial charge in [-0.1, -0.05) is 11.8 Å². The highest BCUT2D eigenvalue weighted by atomic mass is 32.2. The Morgan fingerprint density at radius 2 is 1.25 bits per heavy atom. The first kappa shape index (κ1) is 18.1. The van der Waals surface area contributed by atoms with E-state index in [-0.39, 0.29) is 0 Å². The van der Waals surface area contributed by atoms with Gasteiger partial charge in [-0.15, -0.1) is 20.4 Å². The topological polar surface area (TPSA) is 96.3 Å². The van der Waals surface area contributed by atoms with Crippen molar-refractivity contribution in [2.45, 2.75) is 11.0 Å². The minimum absolute atomic E-state index is 0.424. The Labute approximate surface area is 164 Å². The van der Waals surface area contributed by atoms with Gasteiger partial charge in [0.1, 0.15) is 11.5 Å². The van der Waals surface area contributed by atoms with Crippen LogP contribution in [0.4, 0.5) is 0 Å². The maximum atomic E-state index is 5.69. The highest BCUT2D eigenvalue weighted by Crippen LogP contribution is 2.28. The van der Waals surface area contributed by atoms with Crippen LogP contribution in [0.1, 0.15) is 5.89 Å². The lowest BCUT2D eigenvalue weighted by Crippen LogP contribution is -1.82. The molecule has 2 aromatic heterocycles. The minimum atomic E-state index is 0.424. The van der Waals surface area contributed by atoms with Gasteiger partial charge in [-0.3, -0.25) is 0 Å². The average Bonchev–Trinajstić information content (AvgIpc) is 3.42.